The van der Waals surface area contributed by atoms with E-state index in [9.17, 15) is 0 Å². The van der Waals surface area contributed by atoms with Gasteiger partial charge < -0.3 is 10.6 Å². The van der Waals surface area contributed by atoms with E-state index < -0.39 is 0 Å². The van der Waals surface area contributed by atoms with Gasteiger partial charge in [-0.2, -0.15) is 0 Å². The van der Waals surface area contributed by atoms with Crippen molar-refractivity contribution >= 4 is 0 Å². The van der Waals surface area contributed by atoms with Crippen LogP contribution in [-0.2, 0) is 6.42 Å². The second kappa shape index (κ2) is 5.73. The predicted molar refractivity (Wildman–Crippen MR) is 59.1 cm³/mol. The maximum Gasteiger partial charge on any atom is 0.0270 e. The summed E-state index contributed by atoms with van der Waals surface area (Å²) >= 11 is 0. The highest BCUT2D eigenvalue weighted by Gasteiger charge is 2.05. The van der Waals surface area contributed by atoms with E-state index >= 15 is 0 Å². The van der Waals surface area contributed by atoms with Crippen LogP contribution in [0.4, 0.5) is 0 Å². The van der Waals surface area contributed by atoms with Gasteiger partial charge in [0, 0.05) is 31.5 Å². The highest BCUT2D eigenvalue weighted by atomic mass is 15.1. The molecule has 0 fully saturated rings. The summed E-state index contributed by atoms with van der Waals surface area (Å²) in [4.78, 5) is 6.27. The first-order valence-corrected chi connectivity index (χ1v) is 5.03. The highest BCUT2D eigenvalue weighted by Crippen LogP contribution is 2.00. The summed E-state index contributed by atoms with van der Waals surface area (Å²) in [6.07, 6.45) is 4.73. The van der Waals surface area contributed by atoms with Crippen LogP contribution in [-0.4, -0.2) is 36.1 Å². The van der Waals surface area contributed by atoms with Crippen molar-refractivity contribution in [3.05, 3.63) is 30.1 Å². The van der Waals surface area contributed by atoms with E-state index in [1.54, 1.807) is 0 Å². The smallest absolute Gasteiger partial charge is 0.0270 e. The molecule has 0 saturated heterocycles. The Labute approximate surface area is 85.9 Å². The minimum atomic E-state index is 0.455. The third-order valence-corrected chi connectivity index (χ3v) is 2.60. The van der Waals surface area contributed by atoms with Crippen LogP contribution >= 0.6 is 0 Å². The Kier molecular flexibility index (Phi) is 4.56. The lowest BCUT2D eigenvalue weighted by molar-refractivity contribution is 0.266. The van der Waals surface area contributed by atoms with Crippen molar-refractivity contribution in [2.75, 3.05) is 20.1 Å². The molecule has 1 rings (SSSR count). The van der Waals surface area contributed by atoms with Gasteiger partial charge in [-0.15, -0.1) is 0 Å². The summed E-state index contributed by atoms with van der Waals surface area (Å²) in [6.45, 7) is 3.90. The van der Waals surface area contributed by atoms with Crippen molar-refractivity contribution in [2.24, 2.45) is 5.73 Å². The van der Waals surface area contributed by atoms with E-state index in [1.807, 2.05) is 12.4 Å². The zero-order chi connectivity index (χ0) is 10.4. The van der Waals surface area contributed by atoms with Gasteiger partial charge in [-0.1, -0.05) is 0 Å². The quantitative estimate of drug-likeness (QED) is 0.755. The molecule has 0 spiro atoms. The number of aromatic nitrogens is 1. The fourth-order valence-corrected chi connectivity index (χ4v) is 1.26. The summed E-state index contributed by atoms with van der Waals surface area (Å²) in [6, 6.07) is 4.57. The summed E-state index contributed by atoms with van der Waals surface area (Å²) in [5.74, 6) is 0. The lowest BCUT2D eigenvalue weighted by Gasteiger charge is -2.22. The maximum atomic E-state index is 5.59. The Balaban J connectivity index is 2.34. The zero-order valence-electron chi connectivity index (χ0n) is 8.98. The van der Waals surface area contributed by atoms with Crippen molar-refractivity contribution in [1.82, 2.24) is 9.88 Å². The van der Waals surface area contributed by atoms with Gasteiger partial charge in [0.25, 0.3) is 0 Å². The molecule has 3 nitrogen and oxygen atoms in total. The molecule has 1 aromatic rings. The Hall–Kier alpha value is -0.930. The standard InChI is InChI=1S/C11H19N3/c1-10(9-12)14(2)8-5-11-3-6-13-7-4-11/h3-4,6-7,10H,5,8-9,12H2,1-2H3. The number of likely N-dealkylation sites (N-methyl/N-ethyl adjacent to an activating group) is 1. The molecule has 1 unspecified atom stereocenters. The van der Waals surface area contributed by atoms with Gasteiger partial charge in [0.15, 0.2) is 0 Å². The molecule has 1 atom stereocenters. The van der Waals surface area contributed by atoms with Gasteiger partial charge in [0.1, 0.15) is 0 Å². The second-order valence-corrected chi connectivity index (χ2v) is 3.67. The maximum absolute atomic E-state index is 5.59. The predicted octanol–water partition coefficient (Wildman–Crippen LogP) is 0.903. The molecule has 14 heavy (non-hydrogen) atoms. The molecular formula is C11H19N3. The molecule has 0 aliphatic rings. The monoisotopic (exact) mass is 193 g/mol. The minimum Gasteiger partial charge on any atom is -0.329 e. The topological polar surface area (TPSA) is 42.1 Å². The van der Waals surface area contributed by atoms with Gasteiger partial charge in [0.2, 0.25) is 0 Å². The highest BCUT2D eigenvalue weighted by molar-refractivity contribution is 5.09. The molecular weight excluding hydrogens is 174 g/mol. The first-order chi connectivity index (χ1) is 6.74. The van der Waals surface area contributed by atoms with Crippen LogP contribution in [0.3, 0.4) is 0 Å². The normalized spacial score (nSPS) is 13.1. The van der Waals surface area contributed by atoms with Crippen molar-refractivity contribution in [3.63, 3.8) is 0 Å². The van der Waals surface area contributed by atoms with E-state index in [2.05, 4.69) is 36.0 Å². The van der Waals surface area contributed by atoms with Crippen LogP contribution in [0.1, 0.15) is 12.5 Å². The SMILES string of the molecule is CC(CN)N(C)CCc1ccncc1. The molecule has 0 aromatic carbocycles. The van der Waals surface area contributed by atoms with Crippen molar-refractivity contribution < 1.29 is 0 Å². The zero-order valence-corrected chi connectivity index (χ0v) is 8.98. The minimum absolute atomic E-state index is 0.455. The molecule has 0 amide bonds. The largest absolute Gasteiger partial charge is 0.329 e. The van der Waals surface area contributed by atoms with Crippen molar-refractivity contribution in [2.45, 2.75) is 19.4 Å². The van der Waals surface area contributed by atoms with E-state index in [4.69, 9.17) is 5.73 Å². The fourth-order valence-electron chi connectivity index (χ4n) is 1.26. The van der Waals surface area contributed by atoms with E-state index in [0.717, 1.165) is 13.0 Å². The summed E-state index contributed by atoms with van der Waals surface area (Å²) in [5.41, 5.74) is 6.92. The van der Waals surface area contributed by atoms with E-state index in [1.165, 1.54) is 5.56 Å². The number of pyridine rings is 1. The van der Waals surface area contributed by atoms with Crippen LogP contribution < -0.4 is 5.73 Å². The van der Waals surface area contributed by atoms with Gasteiger partial charge in [-0.3, -0.25) is 4.98 Å². The lowest BCUT2D eigenvalue weighted by atomic mass is 10.2. The Morgan fingerprint density at radius 2 is 2.07 bits per heavy atom. The number of nitrogens with two attached hydrogens (primary N) is 1. The van der Waals surface area contributed by atoms with Crippen LogP contribution in [0, 0.1) is 0 Å². The molecule has 1 aromatic heterocycles. The van der Waals surface area contributed by atoms with Crippen LogP contribution in [0.2, 0.25) is 0 Å². The first-order valence-electron chi connectivity index (χ1n) is 5.03. The number of hydrogen-bond donors (Lipinski definition) is 1. The molecule has 1 heterocycles. The van der Waals surface area contributed by atoms with Gasteiger partial charge in [0.05, 0.1) is 0 Å². The molecule has 3 heteroatoms. The Morgan fingerprint density at radius 1 is 1.43 bits per heavy atom. The molecule has 0 saturated carbocycles. The summed E-state index contributed by atoms with van der Waals surface area (Å²) < 4.78 is 0. The van der Waals surface area contributed by atoms with Crippen LogP contribution in [0.25, 0.3) is 0 Å². The number of rotatable bonds is 5. The van der Waals surface area contributed by atoms with Crippen molar-refractivity contribution in [1.29, 1.82) is 0 Å². The van der Waals surface area contributed by atoms with Gasteiger partial charge in [-0.25, -0.2) is 0 Å². The van der Waals surface area contributed by atoms with Crippen LogP contribution in [0.15, 0.2) is 24.5 Å². The molecule has 78 valence electrons. The van der Waals surface area contributed by atoms with Crippen LogP contribution in [0.5, 0.6) is 0 Å². The molecule has 2 N–H and O–H groups in total. The second-order valence-electron chi connectivity index (χ2n) is 3.67. The molecule has 0 radical (unpaired) electrons. The third-order valence-electron chi connectivity index (χ3n) is 2.60. The van der Waals surface area contributed by atoms with Gasteiger partial charge >= 0.3 is 0 Å². The van der Waals surface area contributed by atoms with Gasteiger partial charge in [-0.05, 0) is 38.1 Å². The van der Waals surface area contributed by atoms with Crippen molar-refractivity contribution in [3.8, 4) is 0 Å². The summed E-state index contributed by atoms with van der Waals surface area (Å²) in [7, 11) is 2.11. The number of hydrogen-bond acceptors (Lipinski definition) is 3. The molecule has 0 aliphatic heterocycles. The van der Waals surface area contributed by atoms with E-state index in [0.29, 0.717) is 12.6 Å². The average molecular weight is 193 g/mol. The first kappa shape index (κ1) is 11.1. The number of nitrogens with zero attached hydrogens (tertiary/aromatic N) is 2. The molecule has 0 aliphatic carbocycles. The Bertz CT molecular complexity index is 248. The lowest BCUT2D eigenvalue weighted by Crippen LogP contribution is -2.36. The third kappa shape index (κ3) is 3.44. The van der Waals surface area contributed by atoms with E-state index in [-0.39, 0.29) is 0 Å². The Morgan fingerprint density at radius 3 is 2.64 bits per heavy atom. The fraction of sp³-hybridized carbons (Fsp3) is 0.545. The average Bonchev–Trinajstić information content (AvgIpc) is 2.26. The molecule has 0 bridgehead atoms. The summed E-state index contributed by atoms with van der Waals surface area (Å²) in [5, 5.41) is 0.